The van der Waals surface area contributed by atoms with Crippen LogP contribution in [0.5, 0.6) is 0 Å². The fraction of sp³-hybridized carbons (Fsp3) is 0.167. The van der Waals surface area contributed by atoms with Gasteiger partial charge in [-0.1, -0.05) is 21.1 Å². The molecule has 2 aromatic rings. The molecule has 7 heteroatoms. The van der Waals surface area contributed by atoms with Crippen LogP contribution in [0.15, 0.2) is 27.2 Å². The third kappa shape index (κ3) is 3.17. The highest BCUT2D eigenvalue weighted by Crippen LogP contribution is 2.19. The molecule has 100 valence electrons. The van der Waals surface area contributed by atoms with Crippen molar-refractivity contribution < 1.29 is 18.1 Å². The van der Waals surface area contributed by atoms with E-state index in [2.05, 4.69) is 26.4 Å². The van der Waals surface area contributed by atoms with E-state index >= 15 is 0 Å². The molecule has 0 radical (unpaired) electrons. The highest BCUT2D eigenvalue weighted by molar-refractivity contribution is 9.10. The molecule has 0 atom stereocenters. The van der Waals surface area contributed by atoms with E-state index in [1.165, 1.54) is 0 Å². The maximum atomic E-state index is 13.5. The van der Waals surface area contributed by atoms with Crippen molar-refractivity contribution in [3.63, 3.8) is 0 Å². The van der Waals surface area contributed by atoms with Crippen molar-refractivity contribution in [3.8, 4) is 0 Å². The second-order valence-electron chi connectivity index (χ2n) is 3.86. The van der Waals surface area contributed by atoms with Gasteiger partial charge in [-0.25, -0.2) is 8.78 Å². The lowest BCUT2D eigenvalue weighted by atomic mass is 10.2. The van der Waals surface area contributed by atoms with E-state index in [0.717, 1.165) is 12.1 Å². The van der Waals surface area contributed by atoms with E-state index < -0.39 is 23.1 Å². The number of amides is 1. The lowest BCUT2D eigenvalue weighted by Gasteiger charge is -2.06. The Balaban J connectivity index is 2.12. The van der Waals surface area contributed by atoms with Crippen LogP contribution >= 0.6 is 15.9 Å². The molecule has 1 N–H and O–H groups in total. The first-order valence-corrected chi connectivity index (χ1v) is 6.11. The highest BCUT2D eigenvalue weighted by Gasteiger charge is 2.18. The van der Waals surface area contributed by atoms with Gasteiger partial charge in [0.25, 0.3) is 5.91 Å². The Morgan fingerprint density at radius 1 is 1.37 bits per heavy atom. The van der Waals surface area contributed by atoms with Gasteiger partial charge < -0.3 is 9.84 Å². The molecule has 1 aromatic heterocycles. The molecule has 0 aliphatic rings. The number of nitrogens with one attached hydrogen (secondary N) is 1. The number of nitrogens with zero attached hydrogens (tertiary/aromatic N) is 1. The van der Waals surface area contributed by atoms with E-state index in [-0.39, 0.29) is 11.0 Å². The van der Waals surface area contributed by atoms with Crippen molar-refractivity contribution in [2.45, 2.75) is 13.5 Å². The van der Waals surface area contributed by atoms with Gasteiger partial charge >= 0.3 is 0 Å². The molecule has 1 amide bonds. The average Bonchev–Trinajstić information content (AvgIpc) is 2.71. The van der Waals surface area contributed by atoms with Gasteiger partial charge in [0.05, 0.1) is 12.2 Å². The van der Waals surface area contributed by atoms with Crippen LogP contribution in [0.25, 0.3) is 0 Å². The van der Waals surface area contributed by atoms with Gasteiger partial charge in [0.15, 0.2) is 5.76 Å². The van der Waals surface area contributed by atoms with Gasteiger partial charge in [-0.3, -0.25) is 4.79 Å². The van der Waals surface area contributed by atoms with Crippen LogP contribution in [0.3, 0.4) is 0 Å². The van der Waals surface area contributed by atoms with E-state index in [4.69, 9.17) is 4.52 Å². The fourth-order valence-corrected chi connectivity index (χ4v) is 1.92. The smallest absolute Gasteiger partial charge is 0.257 e. The topological polar surface area (TPSA) is 55.1 Å². The summed E-state index contributed by atoms with van der Waals surface area (Å²) in [5.41, 5.74) is 0.0321. The average molecular weight is 331 g/mol. The number of hydrogen-bond donors (Lipinski definition) is 1. The number of aromatic nitrogens is 1. The molecule has 2 rings (SSSR count). The standard InChI is InChI=1S/C12H9BrF2N2O2/c1-6-2-8(19-17-6)5-16-12(18)11-9(14)3-7(13)4-10(11)15/h2-4H,5H2,1H3,(H,16,18). The number of halogens is 3. The molecule has 0 fully saturated rings. The summed E-state index contributed by atoms with van der Waals surface area (Å²) in [6.07, 6.45) is 0. The minimum absolute atomic E-state index is 0.00855. The Morgan fingerprint density at radius 2 is 2.00 bits per heavy atom. The number of carbonyl (C=O) groups excluding carboxylic acids is 1. The summed E-state index contributed by atoms with van der Waals surface area (Å²) in [5, 5.41) is 6.00. The predicted octanol–water partition coefficient (Wildman–Crippen LogP) is 2.95. The SMILES string of the molecule is Cc1cc(CNC(=O)c2c(F)cc(Br)cc2F)on1. The summed E-state index contributed by atoms with van der Waals surface area (Å²) in [4.78, 5) is 11.7. The zero-order chi connectivity index (χ0) is 14.0. The largest absolute Gasteiger partial charge is 0.359 e. The molecule has 0 spiro atoms. The van der Waals surface area contributed by atoms with Crippen molar-refractivity contribution in [1.29, 1.82) is 0 Å². The number of rotatable bonds is 3. The minimum Gasteiger partial charge on any atom is -0.359 e. The van der Waals surface area contributed by atoms with Crippen molar-refractivity contribution in [2.24, 2.45) is 0 Å². The van der Waals surface area contributed by atoms with E-state index in [0.29, 0.717) is 11.5 Å². The maximum Gasteiger partial charge on any atom is 0.257 e. The Labute approximate surface area is 115 Å². The molecule has 0 saturated heterocycles. The molecule has 0 aliphatic heterocycles. The lowest BCUT2D eigenvalue weighted by Crippen LogP contribution is -2.24. The molecule has 0 saturated carbocycles. The first-order chi connectivity index (χ1) is 8.97. The number of carbonyl (C=O) groups is 1. The second kappa shape index (κ2) is 5.48. The third-order valence-corrected chi connectivity index (χ3v) is 2.79. The Bertz CT molecular complexity index is 605. The van der Waals surface area contributed by atoms with E-state index in [1.54, 1.807) is 13.0 Å². The first-order valence-electron chi connectivity index (χ1n) is 5.32. The lowest BCUT2D eigenvalue weighted by molar-refractivity contribution is 0.0938. The summed E-state index contributed by atoms with van der Waals surface area (Å²) in [5.74, 6) is -2.31. The van der Waals surface area contributed by atoms with Crippen LogP contribution in [-0.2, 0) is 6.54 Å². The van der Waals surface area contributed by atoms with Crippen LogP contribution in [0.1, 0.15) is 21.8 Å². The van der Waals surface area contributed by atoms with Crippen molar-refractivity contribution >= 4 is 21.8 Å². The van der Waals surface area contributed by atoms with Gasteiger partial charge in [-0.15, -0.1) is 0 Å². The zero-order valence-corrected chi connectivity index (χ0v) is 11.4. The van der Waals surface area contributed by atoms with Gasteiger partial charge in [0.2, 0.25) is 0 Å². The fourth-order valence-electron chi connectivity index (χ4n) is 1.51. The Kier molecular flexibility index (Phi) is 3.94. The van der Waals surface area contributed by atoms with Gasteiger partial charge in [-0.2, -0.15) is 0 Å². The number of hydrogen-bond acceptors (Lipinski definition) is 3. The molecule has 0 aliphatic carbocycles. The van der Waals surface area contributed by atoms with Crippen LogP contribution in [0.4, 0.5) is 8.78 Å². The molecule has 19 heavy (non-hydrogen) atoms. The summed E-state index contributed by atoms with van der Waals surface area (Å²) < 4.78 is 32.1. The van der Waals surface area contributed by atoms with Gasteiger partial charge in [-0.05, 0) is 19.1 Å². The van der Waals surface area contributed by atoms with Gasteiger partial charge in [0, 0.05) is 10.5 Å². The predicted molar refractivity (Wildman–Crippen MR) is 66.5 cm³/mol. The van der Waals surface area contributed by atoms with Crippen LogP contribution in [0, 0.1) is 18.6 Å². The van der Waals surface area contributed by atoms with E-state index in [9.17, 15) is 13.6 Å². The zero-order valence-electron chi connectivity index (χ0n) is 9.84. The van der Waals surface area contributed by atoms with E-state index in [1.807, 2.05) is 0 Å². The normalized spacial score (nSPS) is 10.5. The van der Waals surface area contributed by atoms with Gasteiger partial charge in [0.1, 0.15) is 17.2 Å². The van der Waals surface area contributed by atoms with Crippen LogP contribution in [-0.4, -0.2) is 11.1 Å². The monoisotopic (exact) mass is 330 g/mol. The molecular weight excluding hydrogens is 322 g/mol. The molecule has 0 unspecified atom stereocenters. The summed E-state index contributed by atoms with van der Waals surface area (Å²) in [7, 11) is 0. The quantitative estimate of drug-likeness (QED) is 0.941. The molecule has 1 heterocycles. The highest BCUT2D eigenvalue weighted by atomic mass is 79.9. The summed E-state index contributed by atoms with van der Waals surface area (Å²) in [6.45, 7) is 1.73. The summed E-state index contributed by atoms with van der Waals surface area (Å²) in [6, 6.07) is 3.67. The minimum atomic E-state index is -0.932. The van der Waals surface area contributed by atoms with Crippen molar-refractivity contribution in [2.75, 3.05) is 0 Å². The van der Waals surface area contributed by atoms with Crippen LogP contribution < -0.4 is 5.32 Å². The number of benzene rings is 1. The van der Waals surface area contributed by atoms with Crippen LogP contribution in [0.2, 0.25) is 0 Å². The Morgan fingerprint density at radius 3 is 2.53 bits per heavy atom. The van der Waals surface area contributed by atoms with Crippen molar-refractivity contribution in [3.05, 3.63) is 51.3 Å². The van der Waals surface area contributed by atoms with Crippen molar-refractivity contribution in [1.82, 2.24) is 10.5 Å². The number of aryl methyl sites for hydroxylation is 1. The molecule has 0 bridgehead atoms. The summed E-state index contributed by atoms with van der Waals surface area (Å²) >= 11 is 2.94. The maximum absolute atomic E-state index is 13.5. The first kappa shape index (κ1) is 13.7. The second-order valence-corrected chi connectivity index (χ2v) is 4.78. The molecule has 1 aromatic carbocycles. The molecular formula is C12H9BrF2N2O2. The molecule has 4 nitrogen and oxygen atoms in total. The third-order valence-electron chi connectivity index (χ3n) is 2.33. The Hall–Kier alpha value is -1.76.